The first-order valence-corrected chi connectivity index (χ1v) is 2.76. The van der Waals surface area contributed by atoms with Crippen LogP contribution >= 0.6 is 12.4 Å². The van der Waals surface area contributed by atoms with Crippen molar-refractivity contribution in [1.29, 1.82) is 0 Å². The number of hydrogen-bond acceptors (Lipinski definition) is 3. The summed E-state index contributed by atoms with van der Waals surface area (Å²) >= 11 is 0. The van der Waals surface area contributed by atoms with Crippen LogP contribution in [-0.4, -0.2) is 9.97 Å². The molecule has 1 aromatic rings. The lowest BCUT2D eigenvalue weighted by molar-refractivity contribution is 1.02. The molecule has 10 heavy (non-hydrogen) atoms. The van der Waals surface area contributed by atoms with Gasteiger partial charge in [-0.3, -0.25) is 0 Å². The van der Waals surface area contributed by atoms with E-state index in [0.717, 1.165) is 11.5 Å². The van der Waals surface area contributed by atoms with E-state index in [4.69, 9.17) is 5.73 Å². The van der Waals surface area contributed by atoms with Crippen molar-refractivity contribution >= 4 is 18.2 Å². The second kappa shape index (κ2) is 3.37. The quantitative estimate of drug-likeness (QED) is 0.617. The van der Waals surface area contributed by atoms with E-state index < -0.39 is 0 Å². The van der Waals surface area contributed by atoms with Crippen molar-refractivity contribution in [2.75, 3.05) is 5.73 Å². The molecule has 3 nitrogen and oxygen atoms in total. The second-order valence-electron chi connectivity index (χ2n) is 1.98. The Kier molecular flexibility index (Phi) is 3.09. The van der Waals surface area contributed by atoms with Crippen molar-refractivity contribution in [2.24, 2.45) is 0 Å². The maximum atomic E-state index is 5.41. The van der Waals surface area contributed by atoms with Gasteiger partial charge in [-0.05, 0) is 13.8 Å². The molecule has 1 rings (SSSR count). The number of nitrogens with zero attached hydrogens (tertiary/aromatic N) is 2. The van der Waals surface area contributed by atoms with Crippen molar-refractivity contribution in [1.82, 2.24) is 9.97 Å². The third kappa shape index (κ3) is 2.19. The van der Waals surface area contributed by atoms with Gasteiger partial charge in [-0.15, -0.1) is 12.4 Å². The topological polar surface area (TPSA) is 51.8 Å². The maximum absolute atomic E-state index is 5.41. The SMILES string of the molecule is Cc1cc(N)nc(C)n1.Cl. The van der Waals surface area contributed by atoms with Gasteiger partial charge in [0.05, 0.1) is 0 Å². The van der Waals surface area contributed by atoms with Gasteiger partial charge >= 0.3 is 0 Å². The van der Waals surface area contributed by atoms with Crippen LogP contribution in [0.25, 0.3) is 0 Å². The van der Waals surface area contributed by atoms with E-state index in [1.165, 1.54) is 0 Å². The number of anilines is 1. The third-order valence-corrected chi connectivity index (χ3v) is 0.986. The van der Waals surface area contributed by atoms with Crippen LogP contribution in [0.15, 0.2) is 6.07 Å². The lowest BCUT2D eigenvalue weighted by Gasteiger charge is -1.95. The predicted octanol–water partition coefficient (Wildman–Crippen LogP) is 1.10. The molecule has 0 saturated carbocycles. The fourth-order valence-corrected chi connectivity index (χ4v) is 0.746. The molecule has 0 atom stereocenters. The van der Waals surface area contributed by atoms with Crippen LogP contribution in [0.2, 0.25) is 0 Å². The fourth-order valence-electron chi connectivity index (χ4n) is 0.746. The molecule has 0 aliphatic carbocycles. The first-order valence-electron chi connectivity index (χ1n) is 2.76. The van der Waals surface area contributed by atoms with E-state index in [-0.39, 0.29) is 12.4 Å². The number of nitrogen functional groups attached to an aromatic ring is 1. The van der Waals surface area contributed by atoms with Crippen molar-refractivity contribution < 1.29 is 0 Å². The molecule has 0 aliphatic rings. The Morgan fingerprint density at radius 1 is 1.30 bits per heavy atom. The molecule has 0 aromatic carbocycles. The monoisotopic (exact) mass is 159 g/mol. The smallest absolute Gasteiger partial charge is 0.127 e. The van der Waals surface area contributed by atoms with E-state index in [9.17, 15) is 0 Å². The Labute approximate surface area is 66.1 Å². The van der Waals surface area contributed by atoms with Gasteiger partial charge in [0.15, 0.2) is 0 Å². The van der Waals surface area contributed by atoms with Crippen molar-refractivity contribution in [3.8, 4) is 0 Å². The predicted molar refractivity (Wildman–Crippen MR) is 43.2 cm³/mol. The van der Waals surface area contributed by atoms with Crippen LogP contribution in [0, 0.1) is 13.8 Å². The fraction of sp³-hybridized carbons (Fsp3) is 0.333. The van der Waals surface area contributed by atoms with Gasteiger partial charge in [0.25, 0.3) is 0 Å². The van der Waals surface area contributed by atoms with Crippen LogP contribution < -0.4 is 5.73 Å². The average Bonchev–Trinajstić information content (AvgIpc) is 1.59. The lowest BCUT2D eigenvalue weighted by atomic mass is 10.4. The van der Waals surface area contributed by atoms with Gasteiger partial charge in [0.1, 0.15) is 11.6 Å². The van der Waals surface area contributed by atoms with Crippen LogP contribution in [0.4, 0.5) is 5.82 Å². The first-order chi connectivity index (χ1) is 4.18. The molecule has 1 aromatic heterocycles. The minimum absolute atomic E-state index is 0. The number of hydrogen-bond donors (Lipinski definition) is 1. The average molecular weight is 160 g/mol. The van der Waals surface area contributed by atoms with Crippen LogP contribution in [-0.2, 0) is 0 Å². The molecule has 2 N–H and O–H groups in total. The lowest BCUT2D eigenvalue weighted by Crippen LogP contribution is -1.96. The first kappa shape index (κ1) is 9.17. The van der Waals surface area contributed by atoms with Crippen LogP contribution in [0.5, 0.6) is 0 Å². The molecule has 0 fully saturated rings. The van der Waals surface area contributed by atoms with E-state index in [1.807, 2.05) is 13.8 Å². The summed E-state index contributed by atoms with van der Waals surface area (Å²) in [4.78, 5) is 7.94. The highest BCUT2D eigenvalue weighted by molar-refractivity contribution is 5.85. The standard InChI is InChI=1S/C6H9N3.ClH/c1-4-3-6(7)9-5(2)8-4;/h3H,1-2H3,(H2,7,8,9);1H. The van der Waals surface area contributed by atoms with Gasteiger partial charge in [-0.25, -0.2) is 9.97 Å². The zero-order valence-electron chi connectivity index (χ0n) is 5.96. The summed E-state index contributed by atoms with van der Waals surface area (Å²) in [5.74, 6) is 1.27. The number of aromatic nitrogens is 2. The van der Waals surface area contributed by atoms with Gasteiger partial charge in [0, 0.05) is 11.8 Å². The molecule has 0 radical (unpaired) electrons. The molecule has 1 heterocycles. The van der Waals surface area contributed by atoms with Crippen LogP contribution in [0.3, 0.4) is 0 Å². The molecule has 0 saturated heterocycles. The largest absolute Gasteiger partial charge is 0.384 e. The second-order valence-corrected chi connectivity index (χ2v) is 1.98. The maximum Gasteiger partial charge on any atom is 0.127 e. The van der Waals surface area contributed by atoms with E-state index in [1.54, 1.807) is 6.07 Å². The van der Waals surface area contributed by atoms with Gasteiger partial charge < -0.3 is 5.73 Å². The van der Waals surface area contributed by atoms with E-state index in [2.05, 4.69) is 9.97 Å². The molecule has 0 amide bonds. The van der Waals surface area contributed by atoms with Crippen LogP contribution in [0.1, 0.15) is 11.5 Å². The Morgan fingerprint density at radius 3 is 2.30 bits per heavy atom. The molecular formula is C6H10ClN3. The summed E-state index contributed by atoms with van der Waals surface area (Å²) in [6, 6.07) is 1.74. The minimum atomic E-state index is 0. The molecule has 0 spiro atoms. The molecule has 0 aliphatic heterocycles. The summed E-state index contributed by atoms with van der Waals surface area (Å²) in [6.45, 7) is 3.72. The molecule has 56 valence electrons. The number of rotatable bonds is 0. The van der Waals surface area contributed by atoms with Crippen molar-refractivity contribution in [3.63, 3.8) is 0 Å². The minimum Gasteiger partial charge on any atom is -0.384 e. The zero-order chi connectivity index (χ0) is 6.85. The summed E-state index contributed by atoms with van der Waals surface area (Å²) in [5.41, 5.74) is 6.32. The highest BCUT2D eigenvalue weighted by Crippen LogP contribution is 1.99. The Hall–Kier alpha value is -0.830. The number of nitrogens with two attached hydrogens (primary N) is 1. The normalized spacial score (nSPS) is 8.60. The molecule has 0 unspecified atom stereocenters. The van der Waals surface area contributed by atoms with Gasteiger partial charge in [0.2, 0.25) is 0 Å². The van der Waals surface area contributed by atoms with Gasteiger partial charge in [-0.1, -0.05) is 0 Å². The number of halogens is 1. The Balaban J connectivity index is 0.000000810. The van der Waals surface area contributed by atoms with E-state index >= 15 is 0 Å². The summed E-state index contributed by atoms with van der Waals surface area (Å²) in [6.07, 6.45) is 0. The number of aryl methyl sites for hydroxylation is 2. The Morgan fingerprint density at radius 2 is 1.90 bits per heavy atom. The van der Waals surface area contributed by atoms with Crippen molar-refractivity contribution in [3.05, 3.63) is 17.6 Å². The summed E-state index contributed by atoms with van der Waals surface area (Å²) in [5, 5.41) is 0. The highest BCUT2D eigenvalue weighted by atomic mass is 35.5. The summed E-state index contributed by atoms with van der Waals surface area (Å²) < 4.78 is 0. The zero-order valence-corrected chi connectivity index (χ0v) is 6.77. The Bertz CT molecular complexity index is 174. The van der Waals surface area contributed by atoms with E-state index in [0.29, 0.717) is 5.82 Å². The molecule has 4 heteroatoms. The van der Waals surface area contributed by atoms with Crippen molar-refractivity contribution in [2.45, 2.75) is 13.8 Å². The van der Waals surface area contributed by atoms with Gasteiger partial charge in [-0.2, -0.15) is 0 Å². The molecule has 0 bridgehead atoms. The highest BCUT2D eigenvalue weighted by Gasteiger charge is 1.90. The molecular weight excluding hydrogens is 150 g/mol. The summed E-state index contributed by atoms with van der Waals surface area (Å²) in [7, 11) is 0. The third-order valence-electron chi connectivity index (χ3n) is 0.986.